The number of nitrogens with one attached hydrogen (secondary N) is 2. The predicted octanol–water partition coefficient (Wildman–Crippen LogP) is 0.746. The van der Waals surface area contributed by atoms with E-state index in [1.54, 1.807) is 0 Å². The molecule has 1 saturated carbocycles. The zero-order valence-corrected chi connectivity index (χ0v) is 10.7. The van der Waals surface area contributed by atoms with Gasteiger partial charge in [0.1, 0.15) is 0 Å². The minimum Gasteiger partial charge on any atom is -0.481 e. The zero-order chi connectivity index (χ0) is 13.0. The van der Waals surface area contributed by atoms with Crippen LogP contribution < -0.4 is 10.6 Å². The number of carboxylic acids is 1. The van der Waals surface area contributed by atoms with Gasteiger partial charge in [0, 0.05) is 12.6 Å². The summed E-state index contributed by atoms with van der Waals surface area (Å²) in [5.74, 6) is -1.14. The van der Waals surface area contributed by atoms with Crippen molar-refractivity contribution in [3.05, 3.63) is 0 Å². The lowest BCUT2D eigenvalue weighted by Crippen LogP contribution is -2.49. The number of carbonyl (C=O) groups is 2. The van der Waals surface area contributed by atoms with E-state index in [2.05, 4.69) is 10.6 Å². The van der Waals surface area contributed by atoms with E-state index in [1.807, 2.05) is 0 Å². The van der Waals surface area contributed by atoms with Crippen molar-refractivity contribution in [2.24, 2.45) is 11.8 Å². The Labute approximate surface area is 107 Å². The van der Waals surface area contributed by atoms with Crippen LogP contribution in [0.4, 0.5) is 0 Å². The summed E-state index contributed by atoms with van der Waals surface area (Å²) in [4.78, 5) is 23.2. The molecule has 18 heavy (non-hydrogen) atoms. The summed E-state index contributed by atoms with van der Waals surface area (Å²) in [5, 5.41) is 15.3. The molecule has 0 aromatic rings. The Morgan fingerprint density at radius 1 is 1.11 bits per heavy atom. The van der Waals surface area contributed by atoms with Crippen LogP contribution in [0.3, 0.4) is 0 Å². The topological polar surface area (TPSA) is 78.4 Å². The molecule has 0 aromatic heterocycles. The Balaban J connectivity index is 1.89. The summed E-state index contributed by atoms with van der Waals surface area (Å²) in [6, 6.07) is -0.175. The van der Waals surface area contributed by atoms with Crippen molar-refractivity contribution in [1.29, 1.82) is 0 Å². The molecule has 0 radical (unpaired) electrons. The highest BCUT2D eigenvalue weighted by atomic mass is 16.4. The number of amides is 1. The van der Waals surface area contributed by atoms with Crippen LogP contribution in [0.2, 0.25) is 0 Å². The van der Waals surface area contributed by atoms with Gasteiger partial charge in [-0.1, -0.05) is 12.8 Å². The number of hydrogen-bond donors (Lipinski definition) is 3. The average Bonchev–Trinajstić information content (AvgIpc) is 2.40. The first-order valence-electron chi connectivity index (χ1n) is 6.92. The highest BCUT2D eigenvalue weighted by Crippen LogP contribution is 2.25. The molecule has 2 rings (SSSR count). The Morgan fingerprint density at radius 2 is 1.89 bits per heavy atom. The fraction of sp³-hybridized carbons (Fsp3) is 0.846. The van der Waals surface area contributed by atoms with Crippen LogP contribution in [-0.2, 0) is 9.59 Å². The Bertz CT molecular complexity index is 313. The summed E-state index contributed by atoms with van der Waals surface area (Å²) in [6.45, 7) is 1.70. The molecule has 3 N–H and O–H groups in total. The largest absolute Gasteiger partial charge is 0.481 e. The van der Waals surface area contributed by atoms with Crippen molar-refractivity contribution in [3.63, 3.8) is 0 Å². The third-order valence-corrected chi connectivity index (χ3v) is 4.08. The van der Waals surface area contributed by atoms with E-state index in [0.717, 1.165) is 45.2 Å². The van der Waals surface area contributed by atoms with Gasteiger partial charge in [-0.25, -0.2) is 0 Å². The van der Waals surface area contributed by atoms with E-state index in [4.69, 9.17) is 5.11 Å². The van der Waals surface area contributed by atoms with Crippen LogP contribution in [0.15, 0.2) is 0 Å². The normalized spacial score (nSPS) is 32.8. The molecule has 0 spiro atoms. The molecule has 1 heterocycles. The van der Waals surface area contributed by atoms with Crippen LogP contribution >= 0.6 is 0 Å². The van der Waals surface area contributed by atoms with Gasteiger partial charge < -0.3 is 15.7 Å². The predicted molar refractivity (Wildman–Crippen MR) is 67.1 cm³/mol. The second-order valence-corrected chi connectivity index (χ2v) is 5.39. The molecule has 5 heteroatoms. The standard InChI is InChI=1S/C13H22N2O3/c16-12(9-4-3-7-14-8-9)15-11-6-2-1-5-10(11)13(17)18/h9-11,14H,1-8H2,(H,15,16)(H,17,18). The summed E-state index contributed by atoms with van der Waals surface area (Å²) in [6.07, 6.45) is 5.37. The maximum atomic E-state index is 12.1. The first kappa shape index (κ1) is 13.3. The molecule has 0 aromatic carbocycles. The average molecular weight is 254 g/mol. The molecule has 2 aliphatic rings. The highest BCUT2D eigenvalue weighted by molar-refractivity contribution is 5.80. The van der Waals surface area contributed by atoms with E-state index in [9.17, 15) is 9.59 Å². The fourth-order valence-corrected chi connectivity index (χ4v) is 2.98. The molecular formula is C13H22N2O3. The van der Waals surface area contributed by atoms with Crippen LogP contribution in [0, 0.1) is 11.8 Å². The van der Waals surface area contributed by atoms with E-state index < -0.39 is 11.9 Å². The SMILES string of the molecule is O=C(NC1CCCCC1C(=O)O)C1CCCNC1. The van der Waals surface area contributed by atoms with Gasteiger partial charge in [-0.05, 0) is 32.2 Å². The van der Waals surface area contributed by atoms with Gasteiger partial charge in [-0.3, -0.25) is 9.59 Å². The molecule has 2 fully saturated rings. The van der Waals surface area contributed by atoms with Crippen LogP contribution in [0.5, 0.6) is 0 Å². The van der Waals surface area contributed by atoms with Crippen molar-refractivity contribution in [1.82, 2.24) is 10.6 Å². The maximum Gasteiger partial charge on any atom is 0.308 e. The van der Waals surface area contributed by atoms with E-state index in [1.165, 1.54) is 0 Å². The number of piperidine rings is 1. The summed E-state index contributed by atoms with van der Waals surface area (Å²) < 4.78 is 0. The lowest BCUT2D eigenvalue weighted by atomic mass is 9.84. The monoisotopic (exact) mass is 254 g/mol. The molecule has 5 nitrogen and oxygen atoms in total. The third kappa shape index (κ3) is 3.22. The van der Waals surface area contributed by atoms with Gasteiger partial charge in [0.15, 0.2) is 0 Å². The minimum absolute atomic E-state index is 0.00937. The van der Waals surface area contributed by atoms with Crippen molar-refractivity contribution in [3.8, 4) is 0 Å². The lowest BCUT2D eigenvalue weighted by Gasteiger charge is -2.31. The number of rotatable bonds is 3. The molecule has 3 atom stereocenters. The molecule has 1 amide bonds. The molecule has 0 bridgehead atoms. The van der Waals surface area contributed by atoms with Gasteiger partial charge in [0.05, 0.1) is 11.8 Å². The van der Waals surface area contributed by atoms with Gasteiger partial charge >= 0.3 is 5.97 Å². The zero-order valence-electron chi connectivity index (χ0n) is 10.7. The quantitative estimate of drug-likeness (QED) is 0.694. The molecular weight excluding hydrogens is 232 g/mol. The Morgan fingerprint density at radius 3 is 2.56 bits per heavy atom. The highest BCUT2D eigenvalue weighted by Gasteiger charge is 2.33. The van der Waals surface area contributed by atoms with Gasteiger partial charge in [0.2, 0.25) is 5.91 Å². The third-order valence-electron chi connectivity index (χ3n) is 4.08. The van der Waals surface area contributed by atoms with Crippen molar-refractivity contribution in [2.75, 3.05) is 13.1 Å². The molecule has 1 aliphatic carbocycles. The number of carboxylic acid groups (broad SMARTS) is 1. The van der Waals surface area contributed by atoms with Crippen molar-refractivity contribution in [2.45, 2.75) is 44.6 Å². The van der Waals surface area contributed by atoms with Crippen LogP contribution in [0.1, 0.15) is 38.5 Å². The van der Waals surface area contributed by atoms with Gasteiger partial charge in [-0.15, -0.1) is 0 Å². The molecule has 1 saturated heterocycles. The smallest absolute Gasteiger partial charge is 0.308 e. The summed E-state index contributed by atoms with van der Waals surface area (Å²) >= 11 is 0. The van der Waals surface area contributed by atoms with E-state index in [0.29, 0.717) is 6.42 Å². The fourth-order valence-electron chi connectivity index (χ4n) is 2.98. The van der Waals surface area contributed by atoms with Crippen LogP contribution in [0.25, 0.3) is 0 Å². The van der Waals surface area contributed by atoms with E-state index >= 15 is 0 Å². The lowest BCUT2D eigenvalue weighted by molar-refractivity contribution is -0.144. The van der Waals surface area contributed by atoms with Gasteiger partial charge in [0.25, 0.3) is 0 Å². The molecule has 102 valence electrons. The number of aliphatic carboxylic acids is 1. The Hall–Kier alpha value is -1.10. The first-order chi connectivity index (χ1) is 8.68. The summed E-state index contributed by atoms with van der Waals surface area (Å²) in [5.41, 5.74) is 0. The van der Waals surface area contributed by atoms with Crippen molar-refractivity contribution >= 4 is 11.9 Å². The molecule has 1 aliphatic heterocycles. The van der Waals surface area contributed by atoms with Gasteiger partial charge in [-0.2, -0.15) is 0 Å². The second-order valence-electron chi connectivity index (χ2n) is 5.39. The first-order valence-corrected chi connectivity index (χ1v) is 6.92. The van der Waals surface area contributed by atoms with Crippen molar-refractivity contribution < 1.29 is 14.7 Å². The number of hydrogen-bond acceptors (Lipinski definition) is 3. The van der Waals surface area contributed by atoms with E-state index in [-0.39, 0.29) is 17.9 Å². The molecule has 3 unspecified atom stereocenters. The summed E-state index contributed by atoms with van der Waals surface area (Å²) in [7, 11) is 0. The second kappa shape index (κ2) is 6.18. The minimum atomic E-state index is -0.776. The van der Waals surface area contributed by atoms with Crippen LogP contribution in [-0.4, -0.2) is 36.1 Å². The maximum absolute atomic E-state index is 12.1. The Kier molecular flexibility index (Phi) is 4.58. The number of carbonyl (C=O) groups excluding carboxylic acids is 1.